The van der Waals surface area contributed by atoms with Crippen molar-refractivity contribution in [2.45, 2.75) is 19.3 Å². The third kappa shape index (κ3) is 3.12. The molecule has 0 saturated carbocycles. The van der Waals surface area contributed by atoms with Crippen LogP contribution in [0.3, 0.4) is 0 Å². The van der Waals surface area contributed by atoms with E-state index in [0.717, 1.165) is 28.7 Å². The molecule has 72 valence electrons. The van der Waals surface area contributed by atoms with Crippen molar-refractivity contribution >= 4 is 33.6 Å². The second-order valence-electron chi connectivity index (χ2n) is 2.61. The first-order chi connectivity index (χ1) is 6.27. The maximum absolute atomic E-state index is 10.1. The lowest BCUT2D eigenvalue weighted by molar-refractivity contribution is -0.107. The summed E-state index contributed by atoms with van der Waals surface area (Å²) in [7, 11) is 1.66. The van der Waals surface area contributed by atoms with Crippen molar-refractivity contribution in [1.29, 1.82) is 0 Å². The number of methoxy groups -OCH3 is 1. The number of hydrogen-bond donors (Lipinski definition) is 0. The van der Waals surface area contributed by atoms with E-state index in [0.29, 0.717) is 6.42 Å². The number of aryl methyl sites for hydroxylation is 1. The molecule has 0 N–H and O–H groups in total. The Morgan fingerprint density at radius 1 is 1.69 bits per heavy atom. The largest absolute Gasteiger partial charge is 0.486 e. The molecular weight excluding hydrogens is 252 g/mol. The molecule has 0 unspecified atom stereocenters. The van der Waals surface area contributed by atoms with Crippen molar-refractivity contribution in [1.82, 2.24) is 0 Å². The number of carbonyl (C=O) groups excluding carboxylic acids is 1. The number of hydrogen-bond acceptors (Lipinski definition) is 3. The van der Waals surface area contributed by atoms with Crippen LogP contribution < -0.4 is 4.74 Å². The van der Waals surface area contributed by atoms with Gasteiger partial charge in [-0.15, -0.1) is 11.3 Å². The fourth-order valence-corrected chi connectivity index (χ4v) is 2.75. The molecule has 0 atom stereocenters. The lowest BCUT2D eigenvalue weighted by Gasteiger charge is -1.92. The summed E-state index contributed by atoms with van der Waals surface area (Å²) in [5.41, 5.74) is 0. The Bertz CT molecular complexity index is 283. The number of unbranched alkanes of at least 4 members (excludes halogenated alkanes) is 1. The molecule has 1 aromatic rings. The van der Waals surface area contributed by atoms with Gasteiger partial charge in [-0.05, 0) is 34.8 Å². The summed E-state index contributed by atoms with van der Waals surface area (Å²) in [6, 6.07) is 2.05. The van der Waals surface area contributed by atoms with E-state index in [4.69, 9.17) is 4.74 Å². The van der Waals surface area contributed by atoms with E-state index in [9.17, 15) is 4.79 Å². The van der Waals surface area contributed by atoms with Crippen LogP contribution in [0.5, 0.6) is 5.06 Å². The number of rotatable bonds is 5. The molecule has 1 aromatic heterocycles. The van der Waals surface area contributed by atoms with Crippen LogP contribution in [0.25, 0.3) is 0 Å². The third-order valence-corrected chi connectivity index (χ3v) is 3.64. The van der Waals surface area contributed by atoms with Crippen molar-refractivity contribution in [3.8, 4) is 5.06 Å². The maximum atomic E-state index is 10.1. The molecule has 0 amide bonds. The fourth-order valence-electron chi connectivity index (χ4n) is 1.02. The van der Waals surface area contributed by atoms with Gasteiger partial charge in [-0.2, -0.15) is 0 Å². The number of halogens is 1. The van der Waals surface area contributed by atoms with Gasteiger partial charge in [0.25, 0.3) is 0 Å². The van der Waals surface area contributed by atoms with Gasteiger partial charge in [0.05, 0.1) is 11.6 Å². The smallest absolute Gasteiger partial charge is 0.188 e. The molecule has 0 saturated heterocycles. The van der Waals surface area contributed by atoms with Gasteiger partial charge < -0.3 is 9.53 Å². The lowest BCUT2D eigenvalue weighted by atomic mass is 10.2. The first-order valence-corrected chi connectivity index (χ1v) is 5.64. The van der Waals surface area contributed by atoms with Crippen LogP contribution in [-0.4, -0.2) is 13.4 Å². The molecule has 0 radical (unpaired) electrons. The summed E-state index contributed by atoms with van der Waals surface area (Å²) >= 11 is 5.03. The standard InChI is InChI=1S/C9H11BrO2S/c1-12-9-8(10)6-7(13-9)4-2-3-5-11/h5-6H,2-4H2,1H3. The molecule has 2 nitrogen and oxygen atoms in total. The van der Waals surface area contributed by atoms with Gasteiger partial charge in [0, 0.05) is 11.3 Å². The van der Waals surface area contributed by atoms with Crippen LogP contribution in [0.1, 0.15) is 17.7 Å². The summed E-state index contributed by atoms with van der Waals surface area (Å²) < 4.78 is 6.14. The predicted octanol–water partition coefficient (Wildman–Crippen LogP) is 3.04. The SMILES string of the molecule is COc1sc(CCCC=O)cc1Br. The van der Waals surface area contributed by atoms with E-state index in [1.165, 1.54) is 4.88 Å². The van der Waals surface area contributed by atoms with E-state index in [-0.39, 0.29) is 0 Å². The Kier molecular flexibility index (Phi) is 4.45. The first kappa shape index (κ1) is 10.7. The van der Waals surface area contributed by atoms with Crippen molar-refractivity contribution in [3.63, 3.8) is 0 Å². The van der Waals surface area contributed by atoms with Gasteiger partial charge >= 0.3 is 0 Å². The van der Waals surface area contributed by atoms with Crippen molar-refractivity contribution in [2.75, 3.05) is 7.11 Å². The number of carbonyl (C=O) groups is 1. The second-order valence-corrected chi connectivity index (χ2v) is 4.56. The molecule has 0 aliphatic heterocycles. The predicted molar refractivity (Wildman–Crippen MR) is 57.6 cm³/mol. The molecule has 4 heteroatoms. The minimum absolute atomic E-state index is 0.637. The highest BCUT2D eigenvalue weighted by molar-refractivity contribution is 9.10. The summed E-state index contributed by atoms with van der Waals surface area (Å²) in [6.45, 7) is 0. The monoisotopic (exact) mass is 262 g/mol. The minimum atomic E-state index is 0.637. The molecule has 0 aliphatic rings. The van der Waals surface area contributed by atoms with Gasteiger partial charge in [0.2, 0.25) is 0 Å². The van der Waals surface area contributed by atoms with E-state index in [2.05, 4.69) is 15.9 Å². The van der Waals surface area contributed by atoms with Crippen molar-refractivity contribution in [2.24, 2.45) is 0 Å². The Hall–Kier alpha value is -0.350. The summed E-state index contributed by atoms with van der Waals surface area (Å²) in [5.74, 6) is 0. The molecule has 0 spiro atoms. The molecule has 0 fully saturated rings. The van der Waals surface area contributed by atoms with Crippen LogP contribution in [0.2, 0.25) is 0 Å². The Morgan fingerprint density at radius 2 is 2.46 bits per heavy atom. The zero-order chi connectivity index (χ0) is 9.68. The molecule has 0 aromatic carbocycles. The minimum Gasteiger partial charge on any atom is -0.486 e. The second kappa shape index (κ2) is 5.40. The Morgan fingerprint density at radius 3 is 3.00 bits per heavy atom. The first-order valence-electron chi connectivity index (χ1n) is 4.03. The molecule has 1 heterocycles. The van der Waals surface area contributed by atoms with Gasteiger partial charge in [0.15, 0.2) is 5.06 Å². The Labute approximate surface area is 90.0 Å². The van der Waals surface area contributed by atoms with Gasteiger partial charge in [-0.3, -0.25) is 0 Å². The molecule has 0 aliphatic carbocycles. The van der Waals surface area contributed by atoms with Crippen molar-refractivity contribution in [3.05, 3.63) is 15.4 Å². The number of aldehydes is 1. The topological polar surface area (TPSA) is 26.3 Å². The highest BCUT2D eigenvalue weighted by Crippen LogP contribution is 2.35. The maximum Gasteiger partial charge on any atom is 0.188 e. The third-order valence-electron chi connectivity index (χ3n) is 1.64. The summed E-state index contributed by atoms with van der Waals surface area (Å²) in [4.78, 5) is 11.3. The Balaban J connectivity index is 2.52. The van der Waals surface area contributed by atoms with Gasteiger partial charge in [-0.1, -0.05) is 0 Å². The van der Waals surface area contributed by atoms with Crippen LogP contribution in [0, 0.1) is 0 Å². The molecule has 13 heavy (non-hydrogen) atoms. The molecular formula is C9H11BrO2S. The van der Waals surface area contributed by atoms with E-state index >= 15 is 0 Å². The zero-order valence-electron chi connectivity index (χ0n) is 7.38. The highest BCUT2D eigenvalue weighted by atomic mass is 79.9. The number of ether oxygens (including phenoxy) is 1. The highest BCUT2D eigenvalue weighted by Gasteiger charge is 2.05. The zero-order valence-corrected chi connectivity index (χ0v) is 9.78. The summed E-state index contributed by atoms with van der Waals surface area (Å²) in [6.07, 6.45) is 3.46. The molecule has 1 rings (SSSR count). The van der Waals surface area contributed by atoms with E-state index in [1.54, 1.807) is 18.4 Å². The van der Waals surface area contributed by atoms with E-state index in [1.807, 2.05) is 6.07 Å². The van der Waals surface area contributed by atoms with Gasteiger partial charge in [-0.25, -0.2) is 0 Å². The quantitative estimate of drug-likeness (QED) is 0.603. The normalized spacial score (nSPS) is 10.0. The fraction of sp³-hybridized carbons (Fsp3) is 0.444. The van der Waals surface area contributed by atoms with Crippen LogP contribution in [0.4, 0.5) is 0 Å². The van der Waals surface area contributed by atoms with Crippen LogP contribution >= 0.6 is 27.3 Å². The average Bonchev–Trinajstić information content (AvgIpc) is 2.47. The summed E-state index contributed by atoms with van der Waals surface area (Å²) in [5, 5.41) is 0.904. The van der Waals surface area contributed by atoms with Gasteiger partial charge in [0.1, 0.15) is 6.29 Å². The van der Waals surface area contributed by atoms with Crippen molar-refractivity contribution < 1.29 is 9.53 Å². The van der Waals surface area contributed by atoms with Crippen LogP contribution in [0.15, 0.2) is 10.5 Å². The average molecular weight is 263 g/mol. The van der Waals surface area contributed by atoms with Crippen LogP contribution in [-0.2, 0) is 11.2 Å². The van der Waals surface area contributed by atoms with E-state index < -0.39 is 0 Å². The lowest BCUT2D eigenvalue weighted by Crippen LogP contribution is -1.80. The number of thiophene rings is 1. The molecule has 0 bridgehead atoms.